The molecule has 0 atom stereocenters. The van der Waals surface area contributed by atoms with Crippen LogP contribution >= 0.6 is 11.6 Å². The van der Waals surface area contributed by atoms with Gasteiger partial charge in [-0.1, -0.05) is 23.7 Å². The average Bonchev–Trinajstić information content (AvgIpc) is 2.70. The van der Waals surface area contributed by atoms with Gasteiger partial charge < -0.3 is 15.8 Å². The maximum absolute atomic E-state index is 11.0. The molecular formula is C11H9ClN4O3. The van der Waals surface area contributed by atoms with Gasteiger partial charge in [-0.15, -0.1) is 0 Å². The summed E-state index contributed by atoms with van der Waals surface area (Å²) in [6.07, 6.45) is 1.36. The van der Waals surface area contributed by atoms with Gasteiger partial charge in [0.1, 0.15) is 0 Å². The Kier molecular flexibility index (Phi) is 3.48. The first kappa shape index (κ1) is 13.0. The quantitative estimate of drug-likeness (QED) is 0.678. The summed E-state index contributed by atoms with van der Waals surface area (Å²) in [4.78, 5) is 21.0. The molecule has 2 aromatic rings. The lowest BCUT2D eigenvalue weighted by molar-refractivity contribution is -0.389. The van der Waals surface area contributed by atoms with E-state index in [4.69, 9.17) is 17.3 Å². The van der Waals surface area contributed by atoms with Crippen LogP contribution in [0.1, 0.15) is 15.9 Å². The van der Waals surface area contributed by atoms with Crippen LogP contribution in [-0.4, -0.2) is 20.6 Å². The highest BCUT2D eigenvalue weighted by Crippen LogP contribution is 2.21. The molecule has 0 aliphatic carbocycles. The predicted molar refractivity (Wildman–Crippen MR) is 68.0 cm³/mol. The van der Waals surface area contributed by atoms with E-state index in [1.807, 2.05) is 0 Å². The van der Waals surface area contributed by atoms with E-state index in [-0.39, 0.29) is 11.6 Å². The first-order valence-electron chi connectivity index (χ1n) is 5.23. The lowest BCUT2D eigenvalue weighted by atomic mass is 10.1. The van der Waals surface area contributed by atoms with Gasteiger partial charge in [-0.3, -0.25) is 4.79 Å². The number of carbonyl (C=O) groups is 1. The van der Waals surface area contributed by atoms with Gasteiger partial charge in [-0.25, -0.2) is 0 Å². The van der Waals surface area contributed by atoms with Gasteiger partial charge in [0.05, 0.1) is 17.8 Å². The van der Waals surface area contributed by atoms with E-state index >= 15 is 0 Å². The molecule has 1 aromatic heterocycles. The normalized spacial score (nSPS) is 10.4. The molecule has 98 valence electrons. The Bertz CT molecular complexity index is 653. The summed E-state index contributed by atoms with van der Waals surface area (Å²) in [7, 11) is 0. The van der Waals surface area contributed by atoms with Crippen LogP contribution in [0, 0.1) is 10.1 Å². The fourth-order valence-electron chi connectivity index (χ4n) is 1.60. The molecule has 7 nitrogen and oxygen atoms in total. The Morgan fingerprint density at radius 2 is 2.26 bits per heavy atom. The van der Waals surface area contributed by atoms with Crippen molar-refractivity contribution in [1.82, 2.24) is 9.78 Å². The fourth-order valence-corrected chi connectivity index (χ4v) is 1.82. The third-order valence-corrected chi connectivity index (χ3v) is 2.69. The molecule has 0 fully saturated rings. The third kappa shape index (κ3) is 2.89. The number of carbonyl (C=O) groups excluding carboxylic acids is 1. The zero-order valence-electron chi connectivity index (χ0n) is 9.62. The SMILES string of the molecule is NC(=O)c1cccc(Cn2cc(Cl)c([N+](=O)[O-])n2)c1. The highest BCUT2D eigenvalue weighted by molar-refractivity contribution is 6.32. The molecule has 0 aliphatic heterocycles. The molecule has 0 unspecified atom stereocenters. The summed E-state index contributed by atoms with van der Waals surface area (Å²) in [6, 6.07) is 6.62. The van der Waals surface area contributed by atoms with Crippen molar-refractivity contribution < 1.29 is 9.72 Å². The summed E-state index contributed by atoms with van der Waals surface area (Å²) in [5.74, 6) is -0.931. The van der Waals surface area contributed by atoms with Crippen molar-refractivity contribution in [2.75, 3.05) is 0 Å². The molecule has 1 amide bonds. The molecule has 0 bridgehead atoms. The number of hydrogen-bond donors (Lipinski definition) is 1. The summed E-state index contributed by atoms with van der Waals surface area (Å²) in [6.45, 7) is 0.259. The van der Waals surface area contributed by atoms with E-state index in [9.17, 15) is 14.9 Å². The largest absolute Gasteiger partial charge is 0.408 e. The number of hydrogen-bond acceptors (Lipinski definition) is 4. The topological polar surface area (TPSA) is 104 Å². The van der Waals surface area contributed by atoms with Crippen LogP contribution in [0.4, 0.5) is 5.82 Å². The van der Waals surface area contributed by atoms with E-state index < -0.39 is 16.6 Å². The maximum atomic E-state index is 11.0. The van der Waals surface area contributed by atoms with Crippen LogP contribution < -0.4 is 5.73 Å². The molecule has 0 aliphatic rings. The van der Waals surface area contributed by atoms with Crippen LogP contribution in [-0.2, 0) is 6.54 Å². The van der Waals surface area contributed by atoms with Gasteiger partial charge in [-0.05, 0) is 22.6 Å². The van der Waals surface area contributed by atoms with E-state index in [0.29, 0.717) is 5.56 Å². The van der Waals surface area contributed by atoms with Crippen molar-refractivity contribution in [3.05, 3.63) is 56.7 Å². The van der Waals surface area contributed by atoms with Crippen molar-refractivity contribution in [1.29, 1.82) is 0 Å². The molecule has 1 aromatic carbocycles. The summed E-state index contributed by atoms with van der Waals surface area (Å²) < 4.78 is 1.33. The second-order valence-corrected chi connectivity index (χ2v) is 4.23. The molecule has 1 heterocycles. The summed E-state index contributed by atoms with van der Waals surface area (Å²) >= 11 is 5.69. The van der Waals surface area contributed by atoms with E-state index in [2.05, 4.69) is 5.10 Å². The zero-order valence-corrected chi connectivity index (χ0v) is 10.4. The Morgan fingerprint density at radius 3 is 2.84 bits per heavy atom. The van der Waals surface area contributed by atoms with Crippen LogP contribution in [0.15, 0.2) is 30.5 Å². The van der Waals surface area contributed by atoms with Crippen LogP contribution in [0.2, 0.25) is 5.02 Å². The van der Waals surface area contributed by atoms with Crippen LogP contribution in [0.5, 0.6) is 0 Å². The van der Waals surface area contributed by atoms with Crippen molar-refractivity contribution in [2.45, 2.75) is 6.54 Å². The Hall–Kier alpha value is -2.41. The number of nitrogens with zero attached hydrogens (tertiary/aromatic N) is 3. The Balaban J connectivity index is 2.26. The number of nitro groups is 1. The lowest BCUT2D eigenvalue weighted by Gasteiger charge is -2.00. The molecule has 2 rings (SSSR count). The summed E-state index contributed by atoms with van der Waals surface area (Å²) in [5, 5.41) is 14.3. The van der Waals surface area contributed by atoms with Gasteiger partial charge in [0.15, 0.2) is 5.02 Å². The monoisotopic (exact) mass is 280 g/mol. The molecule has 19 heavy (non-hydrogen) atoms. The predicted octanol–water partition coefficient (Wildman–Crippen LogP) is 1.59. The zero-order chi connectivity index (χ0) is 14.0. The number of rotatable bonds is 4. The highest BCUT2D eigenvalue weighted by atomic mass is 35.5. The van der Waals surface area contributed by atoms with Gasteiger partial charge in [-0.2, -0.15) is 4.68 Å². The Labute approximate surface area is 112 Å². The van der Waals surface area contributed by atoms with Gasteiger partial charge in [0.2, 0.25) is 5.91 Å². The molecule has 8 heteroatoms. The highest BCUT2D eigenvalue weighted by Gasteiger charge is 2.19. The summed E-state index contributed by atoms with van der Waals surface area (Å²) in [5.41, 5.74) is 6.28. The second kappa shape index (κ2) is 5.07. The minimum absolute atomic E-state index is 0.0314. The van der Waals surface area contributed by atoms with Crippen molar-refractivity contribution in [3.8, 4) is 0 Å². The first-order valence-corrected chi connectivity index (χ1v) is 5.61. The number of amides is 1. The molecule has 0 spiro atoms. The number of nitrogens with two attached hydrogens (primary N) is 1. The van der Waals surface area contributed by atoms with Crippen LogP contribution in [0.3, 0.4) is 0 Å². The molecule has 2 N–H and O–H groups in total. The molecule has 0 radical (unpaired) electrons. The smallest absolute Gasteiger partial charge is 0.366 e. The first-order chi connectivity index (χ1) is 8.97. The molecule has 0 saturated heterocycles. The number of halogens is 1. The van der Waals surface area contributed by atoms with Crippen molar-refractivity contribution in [2.24, 2.45) is 5.73 Å². The van der Waals surface area contributed by atoms with E-state index in [1.54, 1.807) is 24.3 Å². The maximum Gasteiger partial charge on any atom is 0.408 e. The van der Waals surface area contributed by atoms with Gasteiger partial charge in [0, 0.05) is 5.56 Å². The second-order valence-electron chi connectivity index (χ2n) is 3.82. The Morgan fingerprint density at radius 1 is 1.53 bits per heavy atom. The number of benzene rings is 1. The molecule has 0 saturated carbocycles. The van der Waals surface area contributed by atoms with Gasteiger partial charge in [0.25, 0.3) is 0 Å². The standard InChI is InChI=1S/C11H9ClN4O3/c12-9-6-15(14-11(9)16(18)19)5-7-2-1-3-8(4-7)10(13)17/h1-4,6H,5H2,(H2,13,17). The van der Waals surface area contributed by atoms with E-state index in [1.165, 1.54) is 10.9 Å². The minimum atomic E-state index is -0.654. The lowest BCUT2D eigenvalue weighted by Crippen LogP contribution is -2.11. The van der Waals surface area contributed by atoms with Gasteiger partial charge >= 0.3 is 5.82 Å². The number of aromatic nitrogens is 2. The average molecular weight is 281 g/mol. The third-order valence-electron chi connectivity index (χ3n) is 2.43. The van der Waals surface area contributed by atoms with E-state index in [0.717, 1.165) is 5.56 Å². The van der Waals surface area contributed by atoms with Crippen molar-refractivity contribution in [3.63, 3.8) is 0 Å². The fraction of sp³-hybridized carbons (Fsp3) is 0.0909. The number of primary amides is 1. The van der Waals surface area contributed by atoms with Crippen molar-refractivity contribution >= 4 is 23.3 Å². The minimum Gasteiger partial charge on any atom is -0.366 e. The van der Waals surface area contributed by atoms with Crippen LogP contribution in [0.25, 0.3) is 0 Å². The molecular weight excluding hydrogens is 272 g/mol.